The second kappa shape index (κ2) is 5.30. The minimum absolute atomic E-state index is 0.155. The number of sulfonamides is 1. The molecule has 0 aromatic heterocycles. The van der Waals surface area contributed by atoms with Crippen molar-refractivity contribution in [2.75, 3.05) is 6.54 Å². The molecule has 0 fully saturated rings. The van der Waals surface area contributed by atoms with Gasteiger partial charge in [-0.25, -0.2) is 13.1 Å². The number of nitrogens with one attached hydrogen (secondary N) is 1. The van der Waals surface area contributed by atoms with Crippen molar-refractivity contribution in [2.45, 2.75) is 32.6 Å². The van der Waals surface area contributed by atoms with Crippen LogP contribution in [0.25, 0.3) is 0 Å². The summed E-state index contributed by atoms with van der Waals surface area (Å²) in [6.07, 6.45) is 0. The van der Waals surface area contributed by atoms with E-state index in [-0.39, 0.29) is 11.4 Å². The molecule has 1 aromatic carbocycles. The molecule has 0 amide bonds. The van der Waals surface area contributed by atoms with Crippen LogP contribution in [0.5, 0.6) is 0 Å². The zero-order chi connectivity index (χ0) is 14.8. The highest BCUT2D eigenvalue weighted by molar-refractivity contribution is 7.89. The smallest absolute Gasteiger partial charge is 0.310 e. The van der Waals surface area contributed by atoms with Gasteiger partial charge in [-0.2, -0.15) is 0 Å². The van der Waals surface area contributed by atoms with Crippen LogP contribution in [0.3, 0.4) is 0 Å². The number of benzene rings is 1. The summed E-state index contributed by atoms with van der Waals surface area (Å²) in [5, 5.41) is 8.96. The van der Waals surface area contributed by atoms with E-state index in [4.69, 9.17) is 5.11 Å². The van der Waals surface area contributed by atoms with Crippen molar-refractivity contribution in [3.8, 4) is 0 Å². The Hall–Kier alpha value is -1.40. The van der Waals surface area contributed by atoms with Gasteiger partial charge in [-0.05, 0) is 39.3 Å². The summed E-state index contributed by atoms with van der Waals surface area (Å²) in [5.74, 6) is -1.05. The lowest BCUT2D eigenvalue weighted by molar-refractivity contribution is -0.146. The summed E-state index contributed by atoms with van der Waals surface area (Å²) in [4.78, 5) is 11.1. The number of hydrogen-bond acceptors (Lipinski definition) is 3. The number of rotatable bonds is 5. The fourth-order valence-electron chi connectivity index (χ4n) is 1.53. The Labute approximate surface area is 113 Å². The van der Waals surface area contributed by atoms with Gasteiger partial charge in [-0.15, -0.1) is 0 Å². The van der Waals surface area contributed by atoms with E-state index in [2.05, 4.69) is 4.72 Å². The van der Waals surface area contributed by atoms with Crippen LogP contribution in [-0.4, -0.2) is 26.0 Å². The molecule has 0 saturated heterocycles. The number of carboxylic acid groups (broad SMARTS) is 1. The van der Waals surface area contributed by atoms with Crippen LogP contribution >= 0.6 is 0 Å². The zero-order valence-electron chi connectivity index (χ0n) is 11.5. The van der Waals surface area contributed by atoms with E-state index >= 15 is 0 Å². The van der Waals surface area contributed by atoms with E-state index in [9.17, 15) is 13.2 Å². The van der Waals surface area contributed by atoms with Gasteiger partial charge in [0.25, 0.3) is 0 Å². The number of aliphatic carboxylic acids is 1. The lowest BCUT2D eigenvalue weighted by atomic mass is 9.95. The maximum Gasteiger partial charge on any atom is 0.310 e. The number of aryl methyl sites for hydroxylation is 2. The van der Waals surface area contributed by atoms with E-state index < -0.39 is 21.4 Å². The molecular weight excluding hydrogens is 266 g/mol. The molecule has 1 aromatic rings. The van der Waals surface area contributed by atoms with Crippen molar-refractivity contribution in [2.24, 2.45) is 5.41 Å². The van der Waals surface area contributed by atoms with Crippen molar-refractivity contribution < 1.29 is 18.3 Å². The van der Waals surface area contributed by atoms with Gasteiger partial charge >= 0.3 is 5.97 Å². The van der Waals surface area contributed by atoms with Crippen LogP contribution in [0.15, 0.2) is 23.1 Å². The van der Waals surface area contributed by atoms with Crippen molar-refractivity contribution in [3.63, 3.8) is 0 Å². The lowest BCUT2D eigenvalue weighted by Gasteiger charge is -2.20. The lowest BCUT2D eigenvalue weighted by Crippen LogP contribution is -2.39. The first-order valence-electron chi connectivity index (χ1n) is 5.86. The molecule has 106 valence electrons. The van der Waals surface area contributed by atoms with Gasteiger partial charge in [0, 0.05) is 6.54 Å². The molecule has 0 aliphatic rings. The molecule has 0 heterocycles. The van der Waals surface area contributed by atoms with Crippen LogP contribution in [-0.2, 0) is 14.8 Å². The van der Waals surface area contributed by atoms with E-state index in [1.165, 1.54) is 19.9 Å². The Morgan fingerprint density at radius 3 is 2.37 bits per heavy atom. The van der Waals surface area contributed by atoms with Crippen LogP contribution < -0.4 is 4.72 Å². The van der Waals surface area contributed by atoms with Gasteiger partial charge in [0.15, 0.2) is 0 Å². The summed E-state index contributed by atoms with van der Waals surface area (Å²) in [6, 6.07) is 5.02. The van der Waals surface area contributed by atoms with E-state index in [0.29, 0.717) is 5.56 Å². The van der Waals surface area contributed by atoms with E-state index in [1.54, 1.807) is 19.1 Å². The fourth-order valence-corrected chi connectivity index (χ4v) is 2.97. The third-order valence-electron chi connectivity index (χ3n) is 2.90. The Balaban J connectivity index is 2.97. The average molecular weight is 285 g/mol. The molecule has 0 bridgehead atoms. The standard InChI is InChI=1S/C13H19NO4S/c1-9-5-6-11(10(2)7-9)19(17,18)14-8-13(3,4)12(15)16/h5-7,14H,8H2,1-4H3,(H,15,16). The fraction of sp³-hybridized carbons (Fsp3) is 0.462. The summed E-state index contributed by atoms with van der Waals surface area (Å²) in [7, 11) is -3.69. The largest absolute Gasteiger partial charge is 0.481 e. The molecule has 19 heavy (non-hydrogen) atoms. The zero-order valence-corrected chi connectivity index (χ0v) is 12.3. The molecule has 2 N–H and O–H groups in total. The summed E-state index contributed by atoms with van der Waals surface area (Å²) in [5.41, 5.74) is 0.467. The second-order valence-corrected chi connectivity index (χ2v) is 7.02. The third kappa shape index (κ3) is 3.78. The van der Waals surface area contributed by atoms with E-state index in [1.807, 2.05) is 6.92 Å². The molecule has 0 aliphatic heterocycles. The topological polar surface area (TPSA) is 83.5 Å². The van der Waals surface area contributed by atoms with Crippen molar-refractivity contribution >= 4 is 16.0 Å². The molecule has 0 radical (unpaired) electrons. The first kappa shape index (κ1) is 15.7. The third-order valence-corrected chi connectivity index (χ3v) is 4.46. The number of carbonyl (C=O) groups is 1. The summed E-state index contributed by atoms with van der Waals surface area (Å²) >= 11 is 0. The molecule has 6 heteroatoms. The Morgan fingerprint density at radius 2 is 1.89 bits per heavy atom. The first-order chi connectivity index (χ1) is 8.56. The number of hydrogen-bond donors (Lipinski definition) is 2. The highest BCUT2D eigenvalue weighted by Crippen LogP contribution is 2.19. The molecule has 0 aliphatic carbocycles. The van der Waals surface area contributed by atoms with E-state index in [0.717, 1.165) is 5.56 Å². The molecular formula is C13H19NO4S. The minimum Gasteiger partial charge on any atom is -0.481 e. The quantitative estimate of drug-likeness (QED) is 0.862. The maximum absolute atomic E-state index is 12.1. The molecule has 0 atom stereocenters. The Bertz CT molecular complexity index is 591. The van der Waals surface area contributed by atoms with Gasteiger partial charge in [-0.3, -0.25) is 4.79 Å². The molecule has 1 rings (SSSR count). The van der Waals surface area contributed by atoms with Gasteiger partial charge < -0.3 is 5.11 Å². The predicted octanol–water partition coefficient (Wildman–Crippen LogP) is 1.69. The van der Waals surface area contributed by atoms with Gasteiger partial charge in [0.05, 0.1) is 10.3 Å². The normalized spacial score (nSPS) is 12.4. The van der Waals surface area contributed by atoms with Crippen molar-refractivity contribution in [3.05, 3.63) is 29.3 Å². The maximum atomic E-state index is 12.1. The van der Waals surface area contributed by atoms with Crippen molar-refractivity contribution in [1.29, 1.82) is 0 Å². The van der Waals surface area contributed by atoms with Gasteiger partial charge in [0.2, 0.25) is 10.0 Å². The van der Waals surface area contributed by atoms with Gasteiger partial charge in [0.1, 0.15) is 0 Å². The van der Waals surface area contributed by atoms with Gasteiger partial charge in [-0.1, -0.05) is 17.7 Å². The highest BCUT2D eigenvalue weighted by atomic mass is 32.2. The second-order valence-electron chi connectivity index (χ2n) is 5.28. The molecule has 5 nitrogen and oxygen atoms in total. The van der Waals surface area contributed by atoms with Crippen LogP contribution in [0.4, 0.5) is 0 Å². The molecule has 0 spiro atoms. The highest BCUT2D eigenvalue weighted by Gasteiger charge is 2.29. The minimum atomic E-state index is -3.69. The summed E-state index contributed by atoms with van der Waals surface area (Å²) in [6.45, 7) is 6.38. The Morgan fingerprint density at radius 1 is 1.32 bits per heavy atom. The monoisotopic (exact) mass is 285 g/mol. The summed E-state index contributed by atoms with van der Waals surface area (Å²) < 4.78 is 26.6. The first-order valence-corrected chi connectivity index (χ1v) is 7.35. The molecule has 0 saturated carbocycles. The van der Waals surface area contributed by atoms with Crippen LogP contribution in [0, 0.1) is 19.3 Å². The molecule has 0 unspecified atom stereocenters. The number of carboxylic acids is 1. The SMILES string of the molecule is Cc1ccc(S(=O)(=O)NCC(C)(C)C(=O)O)c(C)c1. The van der Waals surface area contributed by atoms with Crippen molar-refractivity contribution in [1.82, 2.24) is 4.72 Å². The average Bonchev–Trinajstić information content (AvgIpc) is 2.26. The van der Waals surface area contributed by atoms with Crippen LogP contribution in [0.1, 0.15) is 25.0 Å². The Kier molecular flexibility index (Phi) is 4.37. The van der Waals surface area contributed by atoms with Crippen LogP contribution in [0.2, 0.25) is 0 Å². The predicted molar refractivity (Wildman–Crippen MR) is 72.5 cm³/mol.